The molecule has 3 aromatic carbocycles. The van der Waals surface area contributed by atoms with Crippen LogP contribution in [0.1, 0.15) is 80.9 Å². The van der Waals surface area contributed by atoms with Gasteiger partial charge in [0, 0.05) is 56.3 Å². The lowest BCUT2D eigenvalue weighted by molar-refractivity contribution is -0.384. The van der Waals surface area contributed by atoms with Crippen molar-refractivity contribution in [3.63, 3.8) is 0 Å². The Hall–Kier alpha value is -5.48. The lowest BCUT2D eigenvalue weighted by atomic mass is 9.55. The van der Waals surface area contributed by atoms with Gasteiger partial charge in [-0.25, -0.2) is 9.59 Å². The number of fused-ring (bicyclic) bond motifs is 2. The summed E-state index contributed by atoms with van der Waals surface area (Å²) in [5.74, 6) is -1.72. The van der Waals surface area contributed by atoms with Crippen LogP contribution >= 0.6 is 11.6 Å². The van der Waals surface area contributed by atoms with Crippen molar-refractivity contribution >= 4 is 35.2 Å². The fourth-order valence-corrected chi connectivity index (χ4v) is 9.42. The summed E-state index contributed by atoms with van der Waals surface area (Å²) in [7, 11) is 0. The fourth-order valence-electron chi connectivity index (χ4n) is 9.35. The Bertz CT molecular complexity index is 2100. The number of nitrogens with zero attached hydrogens (tertiary/aromatic N) is 3. The molecule has 1 aliphatic heterocycles. The predicted octanol–water partition coefficient (Wildman–Crippen LogP) is 8.80. The van der Waals surface area contributed by atoms with Crippen molar-refractivity contribution < 1.29 is 48.5 Å². The number of carbonyl (C=O) groups excluding carboxylic acids is 2. The number of ether oxygens (including phenoxy) is 4. The molecule has 0 spiro atoms. The number of halogens is 1. The van der Waals surface area contributed by atoms with Crippen molar-refractivity contribution in [2.45, 2.75) is 89.2 Å². The highest BCUT2D eigenvalue weighted by molar-refractivity contribution is 6.18. The van der Waals surface area contributed by atoms with Crippen molar-refractivity contribution in [2.75, 3.05) is 38.9 Å². The molecule has 344 valence electrons. The van der Waals surface area contributed by atoms with E-state index in [1.54, 1.807) is 35.2 Å². The Morgan fingerprint density at radius 3 is 2.48 bits per heavy atom. The first-order valence-corrected chi connectivity index (χ1v) is 22.6. The first-order valence-electron chi connectivity index (χ1n) is 22.1. The van der Waals surface area contributed by atoms with Crippen LogP contribution in [-0.4, -0.2) is 88.6 Å². The Kier molecular flexibility index (Phi) is 17.6. The molecule has 2 amide bonds. The van der Waals surface area contributed by atoms with Gasteiger partial charge in [0.05, 0.1) is 29.0 Å². The van der Waals surface area contributed by atoms with Crippen LogP contribution in [-0.2, 0) is 27.5 Å². The number of unbranched alkanes of at least 4 members (excludes halogenated alkanes) is 2. The maximum Gasteiger partial charge on any atom is 0.412 e. The number of amides is 2. The molecule has 6 unspecified atom stereocenters. The Balaban J connectivity index is 1.51. The van der Waals surface area contributed by atoms with E-state index in [-0.39, 0.29) is 81.9 Å². The second-order valence-corrected chi connectivity index (χ2v) is 16.6. The molecule has 0 radical (unpaired) electrons. The summed E-state index contributed by atoms with van der Waals surface area (Å²) in [6, 6.07) is 20.0. The number of carbonyl (C=O) groups is 2. The Morgan fingerprint density at radius 1 is 1.05 bits per heavy atom. The Morgan fingerprint density at radius 2 is 1.80 bits per heavy atom. The molecule has 16 heteroatoms. The van der Waals surface area contributed by atoms with E-state index in [9.17, 15) is 29.9 Å². The van der Waals surface area contributed by atoms with Gasteiger partial charge in [-0.3, -0.25) is 15.0 Å². The van der Waals surface area contributed by atoms with Gasteiger partial charge in [-0.15, -0.1) is 18.2 Å². The van der Waals surface area contributed by atoms with E-state index in [0.717, 1.165) is 29.5 Å². The number of non-ortho nitro benzene ring substituents is 1. The topological polar surface area (TPSA) is 192 Å². The van der Waals surface area contributed by atoms with E-state index in [4.69, 9.17) is 40.5 Å². The lowest BCUT2D eigenvalue weighted by Gasteiger charge is -2.59. The largest absolute Gasteiger partial charge is 0.459 e. The van der Waals surface area contributed by atoms with Crippen molar-refractivity contribution in [1.29, 1.82) is 0 Å². The number of nitro groups is 1. The summed E-state index contributed by atoms with van der Waals surface area (Å²) < 4.78 is 25.8. The van der Waals surface area contributed by atoms with Crippen molar-refractivity contribution in [2.24, 2.45) is 22.9 Å². The number of nitrogens with one attached hydrogen (secondary N) is 1. The van der Waals surface area contributed by atoms with Gasteiger partial charge < -0.3 is 39.3 Å². The zero-order valence-electron chi connectivity index (χ0n) is 36.3. The number of nitro benzene ring substituents is 1. The molecule has 1 heterocycles. The number of aliphatic hydroxyl groups excluding tert-OH is 2. The molecule has 64 heavy (non-hydrogen) atoms. The minimum absolute atomic E-state index is 0.0121. The van der Waals surface area contributed by atoms with Crippen LogP contribution < -0.4 is 14.8 Å². The van der Waals surface area contributed by atoms with Crippen molar-refractivity contribution in [3.8, 4) is 11.5 Å². The minimum Gasteiger partial charge on any atom is -0.459 e. The number of alkyl halides is 1. The quantitative estimate of drug-likeness (QED) is 0.0271. The van der Waals surface area contributed by atoms with Gasteiger partial charge in [-0.1, -0.05) is 67.4 Å². The molecule has 0 bridgehead atoms. The zero-order chi connectivity index (χ0) is 45.5. The van der Waals surface area contributed by atoms with Gasteiger partial charge in [0.2, 0.25) is 5.79 Å². The molecule has 6 atom stereocenters. The van der Waals surface area contributed by atoms with Gasteiger partial charge in [0.25, 0.3) is 5.69 Å². The number of benzene rings is 3. The van der Waals surface area contributed by atoms with E-state index >= 15 is 0 Å². The summed E-state index contributed by atoms with van der Waals surface area (Å²) in [6.45, 7) is 6.63. The molecular formula is C48H59ClN4O11. The van der Waals surface area contributed by atoms with Gasteiger partial charge >= 0.3 is 12.2 Å². The first kappa shape index (κ1) is 48.0. The third kappa shape index (κ3) is 11.4. The molecule has 6 rings (SSSR count). The lowest BCUT2D eigenvalue weighted by Crippen LogP contribution is -2.70. The van der Waals surface area contributed by atoms with Gasteiger partial charge in [0.15, 0.2) is 0 Å². The Labute approximate surface area is 379 Å². The molecule has 1 fully saturated rings. The second-order valence-electron chi connectivity index (χ2n) is 16.2. The van der Waals surface area contributed by atoms with Crippen LogP contribution in [0.3, 0.4) is 0 Å². The van der Waals surface area contributed by atoms with Crippen molar-refractivity contribution in [1.82, 2.24) is 10.2 Å². The highest BCUT2D eigenvalue weighted by Gasteiger charge is 2.65. The summed E-state index contributed by atoms with van der Waals surface area (Å²) in [4.78, 5) is 46.0. The van der Waals surface area contributed by atoms with Gasteiger partial charge in [-0.05, 0) is 91.0 Å². The fraction of sp³-hybridized carbons (Fsp3) is 0.479. The molecule has 15 nitrogen and oxygen atoms in total. The maximum atomic E-state index is 14.2. The molecule has 1 saturated carbocycles. The minimum atomic E-state index is -1.52. The van der Waals surface area contributed by atoms with Crippen molar-refractivity contribution in [3.05, 3.63) is 124 Å². The van der Waals surface area contributed by atoms with Gasteiger partial charge in [0.1, 0.15) is 30.8 Å². The van der Waals surface area contributed by atoms with E-state index in [1.165, 1.54) is 12.1 Å². The number of oxime groups is 1. The highest BCUT2D eigenvalue weighted by Crippen LogP contribution is 2.62. The second kappa shape index (κ2) is 23.4. The third-order valence-electron chi connectivity index (χ3n) is 12.1. The number of aliphatic hydroxyl groups is 2. The monoisotopic (exact) mass is 902 g/mol. The maximum absolute atomic E-state index is 14.2. The smallest absolute Gasteiger partial charge is 0.412 e. The number of hydrogen-bond acceptors (Lipinski definition) is 12. The SMILES string of the molecule is C=CCOC12Oc3ccc(OC(=O)NCc4ccccc4)cc3C3C(CCCCO)C(CCCCO)C=C(C(=NOCc4ccc([N+](=O)[O-])cc4)CC1N(CCC)C(=O)OCCCl)C32. The van der Waals surface area contributed by atoms with E-state index in [0.29, 0.717) is 54.9 Å². The van der Waals surface area contributed by atoms with Crippen LogP contribution in [0.2, 0.25) is 0 Å². The van der Waals surface area contributed by atoms with Gasteiger partial charge in [-0.2, -0.15) is 0 Å². The molecule has 3 N–H and O–H groups in total. The van der Waals surface area contributed by atoms with E-state index < -0.39 is 34.9 Å². The molecule has 3 aliphatic rings. The van der Waals surface area contributed by atoms with Crippen LogP contribution in [0.15, 0.2) is 102 Å². The average Bonchev–Trinajstić information content (AvgIpc) is 3.30. The first-order chi connectivity index (χ1) is 31.2. The normalized spacial score (nSPS) is 22.5. The van der Waals surface area contributed by atoms with E-state index in [1.807, 2.05) is 43.3 Å². The standard InChI is InChI=1S/C48H59ClN4O11/c1-3-23-52(47(57)60-27-22-49)43-30-41(51-62-32-34-16-18-36(19-17-34)53(58)59)39-28-35(14-8-10-24-54)38(15-9-11-25-55)44-40-29-37(63-46(56)50-31-33-12-6-5-7-13-33)20-21-42(40)64-48(43,45(39)44)61-26-4-2/h4-7,12-13,16-21,28-29,35,38,43-45,54-55H,2-3,8-11,14-15,22-27,30-32H2,1H3,(H,50,56). The highest BCUT2D eigenvalue weighted by atomic mass is 35.5. The number of rotatable bonds is 23. The predicted molar refractivity (Wildman–Crippen MR) is 241 cm³/mol. The summed E-state index contributed by atoms with van der Waals surface area (Å²) in [5, 5.41) is 38.8. The molecule has 0 aromatic heterocycles. The summed E-state index contributed by atoms with van der Waals surface area (Å²) >= 11 is 6.02. The zero-order valence-corrected chi connectivity index (χ0v) is 37.0. The summed E-state index contributed by atoms with van der Waals surface area (Å²) in [6.07, 6.45) is 7.45. The molecule has 3 aromatic rings. The molecule has 0 saturated heterocycles. The van der Waals surface area contributed by atoms with Crippen LogP contribution in [0.5, 0.6) is 11.5 Å². The summed E-state index contributed by atoms with van der Waals surface area (Å²) in [5.41, 5.74) is 3.69. The van der Waals surface area contributed by atoms with Crippen LogP contribution in [0.25, 0.3) is 0 Å². The number of allylic oxidation sites excluding steroid dienone is 1. The van der Waals surface area contributed by atoms with E-state index in [2.05, 4.69) is 18.0 Å². The third-order valence-corrected chi connectivity index (χ3v) is 12.2. The van der Waals surface area contributed by atoms with Crippen LogP contribution in [0.4, 0.5) is 15.3 Å². The molecular weight excluding hydrogens is 844 g/mol. The molecule has 2 aliphatic carbocycles. The van der Waals surface area contributed by atoms with Crippen LogP contribution in [0, 0.1) is 27.9 Å². The average molecular weight is 903 g/mol. The number of hydrogen-bond donors (Lipinski definition) is 3.